The molecule has 3 heterocycles. The molecule has 1 unspecified atom stereocenters. The summed E-state index contributed by atoms with van der Waals surface area (Å²) in [7, 11) is 0. The number of hydrogen-bond acceptors (Lipinski definition) is 5. The van der Waals surface area contributed by atoms with Crippen LogP contribution in [0.2, 0.25) is 0 Å². The summed E-state index contributed by atoms with van der Waals surface area (Å²) >= 11 is 3.43. The predicted molar refractivity (Wildman–Crippen MR) is 93.2 cm³/mol. The Labute approximate surface area is 144 Å². The highest BCUT2D eigenvalue weighted by atomic mass is 79.9. The van der Waals surface area contributed by atoms with E-state index in [0.29, 0.717) is 12.0 Å². The zero-order chi connectivity index (χ0) is 15.6. The van der Waals surface area contributed by atoms with Gasteiger partial charge in [-0.2, -0.15) is 0 Å². The van der Waals surface area contributed by atoms with Gasteiger partial charge in [-0.25, -0.2) is 9.97 Å². The molecule has 120 valence electrons. The Morgan fingerprint density at radius 2 is 2.09 bits per heavy atom. The summed E-state index contributed by atoms with van der Waals surface area (Å²) in [6, 6.07) is 6.56. The van der Waals surface area contributed by atoms with E-state index < -0.39 is 0 Å². The van der Waals surface area contributed by atoms with Crippen LogP contribution in [-0.4, -0.2) is 39.0 Å². The van der Waals surface area contributed by atoms with E-state index in [9.17, 15) is 0 Å². The number of halogens is 1. The van der Waals surface area contributed by atoms with Crippen molar-refractivity contribution in [3.63, 3.8) is 0 Å². The van der Waals surface area contributed by atoms with E-state index in [1.54, 1.807) is 0 Å². The van der Waals surface area contributed by atoms with E-state index in [0.717, 1.165) is 47.9 Å². The molecular formula is C17H20BrN5. The third kappa shape index (κ3) is 3.87. The minimum absolute atomic E-state index is 0.451. The van der Waals surface area contributed by atoms with Crippen LogP contribution in [0.5, 0.6) is 0 Å². The molecular weight excluding hydrogens is 354 g/mol. The third-order valence-electron chi connectivity index (χ3n) is 4.42. The SMILES string of the molecule is Brc1ccc(CN2CCC(Nc3ccnc(C4CC4)n3)C2)nc1. The number of likely N-dealkylation sites (tertiary alicyclic amines) is 1. The van der Waals surface area contributed by atoms with Gasteiger partial charge in [-0.05, 0) is 53.4 Å². The van der Waals surface area contributed by atoms with Gasteiger partial charge in [0.15, 0.2) is 0 Å². The van der Waals surface area contributed by atoms with E-state index in [4.69, 9.17) is 0 Å². The maximum atomic E-state index is 4.66. The number of nitrogens with zero attached hydrogens (tertiary/aromatic N) is 4. The van der Waals surface area contributed by atoms with Gasteiger partial charge in [-0.3, -0.25) is 9.88 Å². The monoisotopic (exact) mass is 373 g/mol. The fourth-order valence-corrected chi connectivity index (χ4v) is 3.26. The van der Waals surface area contributed by atoms with Crippen LogP contribution in [0.4, 0.5) is 5.82 Å². The molecule has 0 radical (unpaired) electrons. The van der Waals surface area contributed by atoms with Crippen molar-refractivity contribution in [3.05, 3.63) is 46.6 Å². The number of pyridine rings is 1. The first kappa shape index (κ1) is 15.0. The molecule has 2 aromatic rings. The van der Waals surface area contributed by atoms with E-state index in [2.05, 4.69) is 53.2 Å². The average Bonchev–Trinajstić information content (AvgIpc) is 3.32. The molecule has 1 saturated carbocycles. The Kier molecular flexibility index (Phi) is 4.27. The third-order valence-corrected chi connectivity index (χ3v) is 4.88. The highest BCUT2D eigenvalue weighted by Gasteiger charge is 2.27. The summed E-state index contributed by atoms with van der Waals surface area (Å²) in [5.41, 5.74) is 1.12. The molecule has 1 atom stereocenters. The van der Waals surface area contributed by atoms with Crippen molar-refractivity contribution in [2.24, 2.45) is 0 Å². The van der Waals surface area contributed by atoms with Crippen LogP contribution in [0.1, 0.15) is 36.7 Å². The molecule has 2 fully saturated rings. The number of nitrogens with one attached hydrogen (secondary N) is 1. The van der Waals surface area contributed by atoms with Gasteiger partial charge in [0.25, 0.3) is 0 Å². The predicted octanol–water partition coefficient (Wildman–Crippen LogP) is 3.20. The highest BCUT2D eigenvalue weighted by molar-refractivity contribution is 9.10. The van der Waals surface area contributed by atoms with Crippen LogP contribution in [-0.2, 0) is 6.54 Å². The molecule has 0 spiro atoms. The zero-order valence-electron chi connectivity index (χ0n) is 13.0. The maximum Gasteiger partial charge on any atom is 0.133 e. The molecule has 1 N–H and O–H groups in total. The van der Waals surface area contributed by atoms with Gasteiger partial charge in [0.05, 0.1) is 5.69 Å². The quantitative estimate of drug-likeness (QED) is 0.871. The van der Waals surface area contributed by atoms with Gasteiger partial charge in [0, 0.05) is 48.5 Å². The second-order valence-electron chi connectivity index (χ2n) is 6.41. The van der Waals surface area contributed by atoms with Gasteiger partial charge in [0.1, 0.15) is 11.6 Å². The fraction of sp³-hybridized carbons (Fsp3) is 0.471. The first-order valence-electron chi connectivity index (χ1n) is 8.18. The van der Waals surface area contributed by atoms with Crippen LogP contribution < -0.4 is 5.32 Å². The zero-order valence-corrected chi connectivity index (χ0v) is 14.5. The van der Waals surface area contributed by atoms with Crippen LogP contribution in [0, 0.1) is 0 Å². The number of aromatic nitrogens is 3. The van der Waals surface area contributed by atoms with Crippen molar-refractivity contribution in [3.8, 4) is 0 Å². The lowest BCUT2D eigenvalue weighted by atomic mass is 10.2. The van der Waals surface area contributed by atoms with Crippen LogP contribution in [0.3, 0.4) is 0 Å². The second-order valence-corrected chi connectivity index (χ2v) is 7.32. The molecule has 1 saturated heterocycles. The Balaban J connectivity index is 1.33. The Bertz CT molecular complexity index is 671. The molecule has 4 rings (SSSR count). The number of hydrogen-bond donors (Lipinski definition) is 1. The molecule has 0 amide bonds. The van der Waals surface area contributed by atoms with Crippen molar-refractivity contribution in [2.45, 2.75) is 37.8 Å². The minimum atomic E-state index is 0.451. The van der Waals surface area contributed by atoms with Crippen LogP contribution in [0.25, 0.3) is 0 Å². The normalized spacial score (nSPS) is 21.5. The van der Waals surface area contributed by atoms with Gasteiger partial charge >= 0.3 is 0 Å². The molecule has 1 aliphatic carbocycles. The van der Waals surface area contributed by atoms with Gasteiger partial charge in [-0.15, -0.1) is 0 Å². The van der Waals surface area contributed by atoms with Crippen LogP contribution in [0.15, 0.2) is 35.1 Å². The molecule has 23 heavy (non-hydrogen) atoms. The topological polar surface area (TPSA) is 53.9 Å². The minimum Gasteiger partial charge on any atom is -0.366 e. The molecule has 2 aliphatic rings. The largest absolute Gasteiger partial charge is 0.366 e. The molecule has 0 bridgehead atoms. The highest BCUT2D eigenvalue weighted by Crippen LogP contribution is 2.38. The lowest BCUT2D eigenvalue weighted by Gasteiger charge is -2.17. The lowest BCUT2D eigenvalue weighted by molar-refractivity contribution is 0.324. The maximum absolute atomic E-state index is 4.66. The average molecular weight is 374 g/mol. The van der Waals surface area contributed by atoms with Crippen molar-refractivity contribution in [2.75, 3.05) is 18.4 Å². The molecule has 0 aromatic carbocycles. The second kappa shape index (κ2) is 6.53. The van der Waals surface area contributed by atoms with Crippen molar-refractivity contribution in [1.82, 2.24) is 19.9 Å². The van der Waals surface area contributed by atoms with Crippen LogP contribution >= 0.6 is 15.9 Å². The Morgan fingerprint density at radius 3 is 2.87 bits per heavy atom. The van der Waals surface area contributed by atoms with Gasteiger partial charge in [-0.1, -0.05) is 0 Å². The van der Waals surface area contributed by atoms with Crippen molar-refractivity contribution < 1.29 is 0 Å². The summed E-state index contributed by atoms with van der Waals surface area (Å²) in [6.45, 7) is 3.03. The molecule has 1 aliphatic heterocycles. The summed E-state index contributed by atoms with van der Waals surface area (Å²) in [5.74, 6) is 2.57. The van der Waals surface area contributed by atoms with E-state index in [1.807, 2.05) is 18.5 Å². The van der Waals surface area contributed by atoms with Crippen molar-refractivity contribution in [1.29, 1.82) is 0 Å². The molecule has 5 nitrogen and oxygen atoms in total. The molecule has 6 heteroatoms. The van der Waals surface area contributed by atoms with E-state index in [-0.39, 0.29) is 0 Å². The Hall–Kier alpha value is -1.53. The summed E-state index contributed by atoms with van der Waals surface area (Å²) in [4.78, 5) is 15.9. The summed E-state index contributed by atoms with van der Waals surface area (Å²) < 4.78 is 1.03. The fourth-order valence-electron chi connectivity index (χ4n) is 3.02. The van der Waals surface area contributed by atoms with Crippen molar-refractivity contribution >= 4 is 21.7 Å². The first-order valence-corrected chi connectivity index (χ1v) is 8.98. The van der Waals surface area contributed by atoms with E-state index in [1.165, 1.54) is 12.8 Å². The van der Waals surface area contributed by atoms with Gasteiger partial charge < -0.3 is 5.32 Å². The van der Waals surface area contributed by atoms with E-state index >= 15 is 0 Å². The number of rotatable bonds is 5. The number of anilines is 1. The van der Waals surface area contributed by atoms with Gasteiger partial charge in [0.2, 0.25) is 0 Å². The lowest BCUT2D eigenvalue weighted by Crippen LogP contribution is -2.26. The standard InChI is InChI=1S/C17H20BrN5/c18-13-3-4-14(20-9-13)10-23-8-6-15(11-23)21-16-5-7-19-17(22-16)12-1-2-12/h3-5,7,9,12,15H,1-2,6,8,10-11H2,(H,19,21,22). The summed E-state index contributed by atoms with van der Waals surface area (Å²) in [5, 5.41) is 3.57. The molecule has 2 aromatic heterocycles. The Morgan fingerprint density at radius 1 is 1.17 bits per heavy atom. The summed E-state index contributed by atoms with van der Waals surface area (Å²) in [6.07, 6.45) is 7.35. The first-order chi connectivity index (χ1) is 11.3. The smallest absolute Gasteiger partial charge is 0.133 e.